The van der Waals surface area contributed by atoms with Gasteiger partial charge in [-0.15, -0.1) is 0 Å². The van der Waals surface area contributed by atoms with Gasteiger partial charge in [0.15, 0.2) is 0 Å². The van der Waals surface area contributed by atoms with E-state index in [0.717, 1.165) is 30.4 Å². The lowest BCUT2D eigenvalue weighted by molar-refractivity contribution is -0.901. The van der Waals surface area contributed by atoms with E-state index in [2.05, 4.69) is 40.0 Å². The largest absolute Gasteiger partial charge is 0.411 e. The Kier molecular flexibility index (Phi) is 2.16. The summed E-state index contributed by atoms with van der Waals surface area (Å²) < 4.78 is 0. The van der Waals surface area contributed by atoms with Crippen LogP contribution in [0.5, 0.6) is 0 Å². The standard InChI is InChI=1S/C12H22N2O/c1-11(2)8-6-10(13-15)12(3,14(4)5)7-9(8)11/h8-9,15H,6-7H2,1-5H3/p+1/b13-10-/t8-,9+,12-/m0/s1. The maximum Gasteiger partial charge on any atom is 0.137 e. The van der Waals surface area contributed by atoms with E-state index in [-0.39, 0.29) is 5.54 Å². The molecule has 2 N–H and O–H groups in total. The van der Waals surface area contributed by atoms with Crippen LogP contribution in [0, 0.1) is 17.3 Å². The molecule has 0 amide bonds. The number of hydrogen-bond donors (Lipinski definition) is 2. The third kappa shape index (κ3) is 1.32. The van der Waals surface area contributed by atoms with Crippen molar-refractivity contribution in [2.45, 2.75) is 39.2 Å². The van der Waals surface area contributed by atoms with Crippen LogP contribution in [0.2, 0.25) is 0 Å². The summed E-state index contributed by atoms with van der Waals surface area (Å²) in [4.78, 5) is 1.37. The summed E-state index contributed by atoms with van der Waals surface area (Å²) in [5, 5.41) is 12.7. The topological polar surface area (TPSA) is 37.0 Å². The third-order valence-corrected chi connectivity index (χ3v) is 5.19. The van der Waals surface area contributed by atoms with Crippen LogP contribution in [-0.4, -0.2) is 30.6 Å². The molecule has 3 nitrogen and oxygen atoms in total. The number of nitrogens with zero attached hydrogens (tertiary/aromatic N) is 1. The van der Waals surface area contributed by atoms with E-state index < -0.39 is 0 Å². The molecule has 0 bridgehead atoms. The fourth-order valence-corrected chi connectivity index (χ4v) is 3.30. The van der Waals surface area contributed by atoms with Crippen molar-refractivity contribution in [1.29, 1.82) is 0 Å². The Balaban J connectivity index is 2.27. The molecular weight excluding hydrogens is 188 g/mol. The molecule has 2 aliphatic rings. The monoisotopic (exact) mass is 211 g/mol. The molecule has 3 heteroatoms. The molecule has 2 saturated carbocycles. The van der Waals surface area contributed by atoms with Gasteiger partial charge in [-0.2, -0.15) is 0 Å². The zero-order valence-corrected chi connectivity index (χ0v) is 10.5. The second-order valence-corrected chi connectivity index (χ2v) is 6.32. The molecule has 0 aromatic rings. The SMILES string of the molecule is C[NH+](C)[C@@]1(C)C[C@@H]2[C@H](C/C1=N/O)C2(C)C. The van der Waals surface area contributed by atoms with Gasteiger partial charge in [0.1, 0.15) is 11.3 Å². The van der Waals surface area contributed by atoms with Crippen molar-refractivity contribution < 1.29 is 10.1 Å². The summed E-state index contributed by atoms with van der Waals surface area (Å²) in [6, 6.07) is 0. The van der Waals surface area contributed by atoms with E-state index in [1.54, 1.807) is 0 Å². The van der Waals surface area contributed by atoms with Crippen molar-refractivity contribution in [3.8, 4) is 0 Å². The Morgan fingerprint density at radius 1 is 1.27 bits per heavy atom. The lowest BCUT2D eigenvalue weighted by Gasteiger charge is -2.36. The molecule has 2 aliphatic carbocycles. The zero-order valence-electron chi connectivity index (χ0n) is 10.5. The minimum atomic E-state index is 0.0314. The third-order valence-electron chi connectivity index (χ3n) is 5.19. The smallest absolute Gasteiger partial charge is 0.137 e. The Bertz CT molecular complexity index is 309. The molecule has 15 heavy (non-hydrogen) atoms. The minimum absolute atomic E-state index is 0.0314. The van der Waals surface area contributed by atoms with E-state index >= 15 is 0 Å². The van der Waals surface area contributed by atoms with E-state index in [4.69, 9.17) is 5.21 Å². The molecule has 0 unspecified atom stereocenters. The summed E-state index contributed by atoms with van der Waals surface area (Å²) >= 11 is 0. The van der Waals surface area contributed by atoms with Crippen LogP contribution < -0.4 is 4.90 Å². The van der Waals surface area contributed by atoms with Gasteiger partial charge in [-0.1, -0.05) is 19.0 Å². The maximum absolute atomic E-state index is 9.16. The van der Waals surface area contributed by atoms with Gasteiger partial charge in [-0.05, 0) is 30.6 Å². The van der Waals surface area contributed by atoms with E-state index in [1.807, 2.05) is 0 Å². The second-order valence-electron chi connectivity index (χ2n) is 6.32. The van der Waals surface area contributed by atoms with Crippen molar-refractivity contribution in [3.05, 3.63) is 0 Å². The van der Waals surface area contributed by atoms with Gasteiger partial charge < -0.3 is 10.1 Å². The first-order chi connectivity index (χ1) is 6.84. The molecule has 0 aromatic carbocycles. The van der Waals surface area contributed by atoms with E-state index in [9.17, 15) is 0 Å². The van der Waals surface area contributed by atoms with Crippen LogP contribution in [0.3, 0.4) is 0 Å². The number of quaternary nitrogens is 1. The van der Waals surface area contributed by atoms with Crippen molar-refractivity contribution in [1.82, 2.24) is 0 Å². The average molecular weight is 211 g/mol. The number of nitrogens with one attached hydrogen (secondary N) is 1. The van der Waals surface area contributed by atoms with Gasteiger partial charge in [-0.25, -0.2) is 0 Å². The highest BCUT2D eigenvalue weighted by Gasteiger charge is 2.65. The Hall–Kier alpha value is -0.570. The van der Waals surface area contributed by atoms with Crippen molar-refractivity contribution >= 4 is 5.71 Å². The average Bonchev–Trinajstić information content (AvgIpc) is 2.66. The highest BCUT2D eigenvalue weighted by atomic mass is 16.4. The van der Waals surface area contributed by atoms with Crippen LogP contribution in [0.15, 0.2) is 5.16 Å². The van der Waals surface area contributed by atoms with Gasteiger partial charge in [-0.3, -0.25) is 0 Å². The van der Waals surface area contributed by atoms with E-state index in [0.29, 0.717) is 5.41 Å². The molecule has 2 fully saturated rings. The first kappa shape index (κ1) is 10.9. The highest BCUT2D eigenvalue weighted by Crippen LogP contribution is 2.65. The first-order valence-electron chi connectivity index (χ1n) is 5.86. The van der Waals surface area contributed by atoms with Crippen molar-refractivity contribution in [3.63, 3.8) is 0 Å². The molecule has 0 saturated heterocycles. The van der Waals surface area contributed by atoms with E-state index in [1.165, 1.54) is 4.90 Å². The summed E-state index contributed by atoms with van der Waals surface area (Å²) in [5.74, 6) is 1.57. The number of rotatable bonds is 1. The Morgan fingerprint density at radius 2 is 1.87 bits per heavy atom. The predicted molar refractivity (Wildman–Crippen MR) is 60.4 cm³/mol. The fraction of sp³-hybridized carbons (Fsp3) is 0.917. The van der Waals surface area contributed by atoms with Crippen LogP contribution >= 0.6 is 0 Å². The highest BCUT2D eigenvalue weighted by molar-refractivity contribution is 5.93. The van der Waals surface area contributed by atoms with Gasteiger partial charge >= 0.3 is 0 Å². The first-order valence-corrected chi connectivity index (χ1v) is 5.86. The van der Waals surface area contributed by atoms with Crippen LogP contribution in [-0.2, 0) is 0 Å². The van der Waals surface area contributed by atoms with Crippen LogP contribution in [0.1, 0.15) is 33.6 Å². The summed E-state index contributed by atoms with van der Waals surface area (Å²) in [6.07, 6.45) is 2.14. The lowest BCUT2D eigenvalue weighted by atomic mass is 9.80. The molecule has 0 radical (unpaired) electrons. The van der Waals surface area contributed by atoms with Crippen molar-refractivity contribution in [2.75, 3.05) is 14.1 Å². The summed E-state index contributed by atoms with van der Waals surface area (Å²) in [6.45, 7) is 6.91. The molecule has 0 aromatic heterocycles. The van der Waals surface area contributed by atoms with Crippen LogP contribution in [0.4, 0.5) is 0 Å². The molecule has 0 heterocycles. The molecule has 0 spiro atoms. The minimum Gasteiger partial charge on any atom is -0.411 e. The van der Waals surface area contributed by atoms with Gasteiger partial charge in [0, 0.05) is 6.42 Å². The number of hydrogen-bond acceptors (Lipinski definition) is 2. The molecule has 2 rings (SSSR count). The molecule has 86 valence electrons. The lowest BCUT2D eigenvalue weighted by Crippen LogP contribution is -3.16. The summed E-state index contributed by atoms with van der Waals surface area (Å²) in [5.41, 5.74) is 1.49. The molecule has 3 atom stereocenters. The second kappa shape index (κ2) is 2.97. The van der Waals surface area contributed by atoms with Crippen molar-refractivity contribution in [2.24, 2.45) is 22.4 Å². The van der Waals surface area contributed by atoms with Gasteiger partial charge in [0.25, 0.3) is 0 Å². The van der Waals surface area contributed by atoms with Crippen LogP contribution in [0.25, 0.3) is 0 Å². The molecular formula is C12H23N2O+. The Morgan fingerprint density at radius 3 is 2.33 bits per heavy atom. The normalized spacial score (nSPS) is 45.6. The summed E-state index contributed by atoms with van der Waals surface area (Å²) in [7, 11) is 4.31. The predicted octanol–water partition coefficient (Wildman–Crippen LogP) is 0.786. The molecule has 0 aliphatic heterocycles. The van der Waals surface area contributed by atoms with Gasteiger partial charge in [0.2, 0.25) is 0 Å². The zero-order chi connectivity index (χ0) is 11.4. The number of fused-ring (bicyclic) bond motifs is 1. The fourth-order valence-electron chi connectivity index (χ4n) is 3.30. The maximum atomic E-state index is 9.16. The Labute approximate surface area is 92.1 Å². The van der Waals surface area contributed by atoms with Gasteiger partial charge in [0.05, 0.1) is 14.1 Å². The number of oxime groups is 1. The quantitative estimate of drug-likeness (QED) is 0.488.